The summed E-state index contributed by atoms with van der Waals surface area (Å²) in [5.41, 5.74) is 1.22. The van der Waals surface area contributed by atoms with E-state index in [1.54, 1.807) is 12.1 Å². The molecule has 0 aromatic heterocycles. The molecule has 0 aliphatic carbocycles. The number of amides is 1. The molecule has 2 rings (SSSR count). The maximum Gasteiger partial charge on any atom is 0.253 e. The van der Waals surface area contributed by atoms with E-state index in [-0.39, 0.29) is 12.5 Å². The van der Waals surface area contributed by atoms with E-state index in [0.29, 0.717) is 19.2 Å². The van der Waals surface area contributed by atoms with Crippen molar-refractivity contribution in [3.63, 3.8) is 0 Å². The Bertz CT molecular complexity index is 650. The molecule has 0 heterocycles. The molecule has 110 valence electrons. The molecule has 0 radical (unpaired) electrons. The van der Waals surface area contributed by atoms with E-state index in [0.717, 1.165) is 5.56 Å². The van der Waals surface area contributed by atoms with Gasteiger partial charge in [-0.1, -0.05) is 53.5 Å². The molecule has 0 unspecified atom stereocenters. The van der Waals surface area contributed by atoms with Gasteiger partial charge in [0.15, 0.2) is 0 Å². The maximum absolute atomic E-state index is 12.4. The molecule has 1 amide bonds. The van der Waals surface area contributed by atoms with E-state index in [2.05, 4.69) is 5.32 Å². The second-order valence-corrected chi connectivity index (χ2v) is 6.29. The van der Waals surface area contributed by atoms with Crippen LogP contribution in [0.15, 0.2) is 42.5 Å². The average molecular weight is 436 g/mol. The van der Waals surface area contributed by atoms with Crippen LogP contribution < -0.4 is 5.32 Å². The van der Waals surface area contributed by atoms with Crippen molar-refractivity contribution in [2.24, 2.45) is 0 Å². The fourth-order valence-corrected chi connectivity index (χ4v) is 2.93. The van der Waals surface area contributed by atoms with Gasteiger partial charge in [0.2, 0.25) is 0 Å². The molecule has 21 heavy (non-hydrogen) atoms. The first-order chi connectivity index (χ1) is 10.0. The van der Waals surface area contributed by atoms with Gasteiger partial charge in [0, 0.05) is 8.59 Å². The van der Waals surface area contributed by atoms with Crippen LogP contribution in [-0.2, 0) is 0 Å². The average Bonchev–Trinajstić information content (AvgIpc) is 2.49. The van der Waals surface area contributed by atoms with E-state index in [1.807, 2.05) is 52.9 Å². The zero-order valence-corrected chi connectivity index (χ0v) is 14.5. The third-order valence-corrected chi connectivity index (χ3v) is 4.92. The summed E-state index contributed by atoms with van der Waals surface area (Å²) in [6.45, 7) is -0.194. The number of nitrogens with one attached hydrogen (secondary N) is 1. The molecule has 0 aliphatic heterocycles. The van der Waals surface area contributed by atoms with Gasteiger partial charge >= 0.3 is 0 Å². The molecule has 2 N–H and O–H groups in total. The monoisotopic (exact) mass is 435 g/mol. The molecule has 1 atom stereocenters. The first kappa shape index (κ1) is 16.5. The highest BCUT2D eigenvalue weighted by Gasteiger charge is 2.18. The smallest absolute Gasteiger partial charge is 0.253 e. The SMILES string of the molecule is O=C(N[C@H](CO)c1ccccc1)c1cc(Cl)cc(Cl)c1I. The number of halogens is 3. The van der Waals surface area contributed by atoms with E-state index < -0.39 is 6.04 Å². The maximum atomic E-state index is 12.4. The minimum atomic E-state index is -0.479. The van der Waals surface area contributed by atoms with Crippen LogP contribution in [-0.4, -0.2) is 17.6 Å². The molecule has 2 aromatic carbocycles. The van der Waals surface area contributed by atoms with Crippen molar-refractivity contribution in [1.82, 2.24) is 5.32 Å². The normalized spacial score (nSPS) is 12.0. The van der Waals surface area contributed by atoms with E-state index in [1.165, 1.54) is 0 Å². The van der Waals surface area contributed by atoms with Gasteiger partial charge in [-0.3, -0.25) is 4.79 Å². The second kappa shape index (κ2) is 7.45. The molecular weight excluding hydrogens is 424 g/mol. The van der Waals surface area contributed by atoms with Gasteiger partial charge in [-0.15, -0.1) is 0 Å². The van der Waals surface area contributed by atoms with Gasteiger partial charge in [-0.25, -0.2) is 0 Å². The van der Waals surface area contributed by atoms with Crippen LogP contribution in [0.1, 0.15) is 22.0 Å². The highest BCUT2D eigenvalue weighted by Crippen LogP contribution is 2.27. The summed E-state index contributed by atoms with van der Waals surface area (Å²) in [5.74, 6) is -0.327. The zero-order valence-electron chi connectivity index (χ0n) is 10.8. The van der Waals surface area contributed by atoms with Crippen molar-refractivity contribution in [3.8, 4) is 0 Å². The predicted molar refractivity (Wildman–Crippen MR) is 92.9 cm³/mol. The lowest BCUT2D eigenvalue weighted by atomic mass is 10.1. The van der Waals surface area contributed by atoms with Gasteiger partial charge in [0.05, 0.1) is 23.2 Å². The lowest BCUT2D eigenvalue weighted by Crippen LogP contribution is -2.31. The summed E-state index contributed by atoms with van der Waals surface area (Å²) in [6.07, 6.45) is 0. The third-order valence-electron chi connectivity index (χ3n) is 2.93. The van der Waals surface area contributed by atoms with E-state index in [4.69, 9.17) is 23.2 Å². The molecule has 2 aromatic rings. The highest BCUT2D eigenvalue weighted by molar-refractivity contribution is 14.1. The Morgan fingerprint density at radius 2 is 1.90 bits per heavy atom. The van der Waals surface area contributed by atoms with Crippen molar-refractivity contribution in [2.75, 3.05) is 6.61 Å². The van der Waals surface area contributed by atoms with Crippen molar-refractivity contribution in [2.45, 2.75) is 6.04 Å². The molecule has 0 bridgehead atoms. The Kier molecular flexibility index (Phi) is 5.87. The van der Waals surface area contributed by atoms with Crippen molar-refractivity contribution in [1.29, 1.82) is 0 Å². The van der Waals surface area contributed by atoms with Crippen LogP contribution in [0.5, 0.6) is 0 Å². The third kappa shape index (κ3) is 4.10. The minimum absolute atomic E-state index is 0.194. The first-order valence-electron chi connectivity index (χ1n) is 6.14. The van der Waals surface area contributed by atoms with Crippen LogP contribution >= 0.6 is 45.8 Å². The fraction of sp³-hybridized carbons (Fsp3) is 0.133. The van der Waals surface area contributed by atoms with Crippen molar-refractivity contribution < 1.29 is 9.90 Å². The standard InChI is InChI=1S/C15H12Cl2INO2/c16-10-6-11(14(18)12(17)7-10)15(21)19-13(8-20)9-4-2-1-3-5-9/h1-7,13,20H,8H2,(H,19,21)/t13-/m1/s1. The van der Waals surface area contributed by atoms with Gasteiger partial charge < -0.3 is 10.4 Å². The Morgan fingerprint density at radius 3 is 2.52 bits per heavy atom. The number of hydrogen-bond acceptors (Lipinski definition) is 2. The number of carbonyl (C=O) groups is 1. The quantitative estimate of drug-likeness (QED) is 0.562. The van der Waals surface area contributed by atoms with Gasteiger partial charge in [-0.05, 0) is 40.3 Å². The molecule has 6 heteroatoms. The van der Waals surface area contributed by atoms with E-state index >= 15 is 0 Å². The summed E-state index contributed by atoms with van der Waals surface area (Å²) in [5, 5.41) is 13.1. The molecular formula is C15H12Cl2INO2. The fourth-order valence-electron chi connectivity index (χ4n) is 1.88. The number of rotatable bonds is 4. The van der Waals surface area contributed by atoms with Crippen LogP contribution in [0.25, 0.3) is 0 Å². The molecule has 0 aliphatic rings. The highest BCUT2D eigenvalue weighted by atomic mass is 127. The number of aliphatic hydroxyl groups excluding tert-OH is 1. The Hall–Kier alpha value is -0.820. The molecule has 0 saturated carbocycles. The summed E-state index contributed by atoms with van der Waals surface area (Å²) >= 11 is 14.0. The number of aliphatic hydroxyl groups is 1. The van der Waals surface area contributed by atoms with Gasteiger partial charge in [0.1, 0.15) is 0 Å². The topological polar surface area (TPSA) is 49.3 Å². The Labute approximate surface area is 146 Å². The zero-order chi connectivity index (χ0) is 15.4. The van der Waals surface area contributed by atoms with Gasteiger partial charge in [-0.2, -0.15) is 0 Å². The summed E-state index contributed by atoms with van der Waals surface area (Å²) in [6, 6.07) is 11.9. The molecule has 0 fully saturated rings. The lowest BCUT2D eigenvalue weighted by Gasteiger charge is -2.17. The first-order valence-corrected chi connectivity index (χ1v) is 7.97. The van der Waals surface area contributed by atoms with Gasteiger partial charge in [0.25, 0.3) is 5.91 Å². The molecule has 0 saturated heterocycles. The Morgan fingerprint density at radius 1 is 1.24 bits per heavy atom. The lowest BCUT2D eigenvalue weighted by molar-refractivity contribution is 0.0915. The van der Waals surface area contributed by atoms with E-state index in [9.17, 15) is 9.90 Å². The second-order valence-electron chi connectivity index (χ2n) is 4.37. The predicted octanol–water partition coefficient (Wildman–Crippen LogP) is 4.06. The number of benzene rings is 2. The van der Waals surface area contributed by atoms with Crippen LogP contribution in [0.3, 0.4) is 0 Å². The number of hydrogen-bond donors (Lipinski definition) is 2. The van der Waals surface area contributed by atoms with Crippen molar-refractivity contribution >= 4 is 51.7 Å². The van der Waals surface area contributed by atoms with Crippen LogP contribution in [0.4, 0.5) is 0 Å². The van der Waals surface area contributed by atoms with Crippen LogP contribution in [0.2, 0.25) is 10.0 Å². The number of carbonyl (C=O) groups excluding carboxylic acids is 1. The van der Waals surface area contributed by atoms with Crippen molar-refractivity contribution in [3.05, 3.63) is 67.2 Å². The largest absolute Gasteiger partial charge is 0.394 e. The van der Waals surface area contributed by atoms with Crippen LogP contribution in [0, 0.1) is 3.57 Å². The summed E-state index contributed by atoms with van der Waals surface area (Å²) in [4.78, 5) is 12.4. The summed E-state index contributed by atoms with van der Waals surface area (Å²) in [7, 11) is 0. The Balaban J connectivity index is 2.25. The summed E-state index contributed by atoms with van der Waals surface area (Å²) < 4.78 is 0.626. The molecule has 3 nitrogen and oxygen atoms in total. The minimum Gasteiger partial charge on any atom is -0.394 e. The molecule has 0 spiro atoms.